The highest BCUT2D eigenvalue weighted by Crippen LogP contribution is 2.38. The predicted octanol–water partition coefficient (Wildman–Crippen LogP) is 5.74. The topological polar surface area (TPSA) is 65.7 Å². The van der Waals surface area contributed by atoms with Gasteiger partial charge in [-0.15, -0.1) is 0 Å². The Morgan fingerprint density at radius 1 is 0.655 bits per heavy atom. The van der Waals surface area contributed by atoms with E-state index >= 15 is 0 Å². The number of ether oxygens (including phenoxy) is 2. The number of hydrogen-bond donors (Lipinski definition) is 0. The van der Waals surface area contributed by atoms with Crippen LogP contribution >= 0.6 is 0 Å². The smallest absolute Gasteiger partial charge is 0.343 e. The molecule has 3 rings (SSSR count). The minimum absolute atomic E-state index is 0.0782. The molecular formula is C24H24O5. The molecule has 0 N–H and O–H groups in total. The molecule has 0 aliphatic rings. The molecule has 1 heterocycles. The van der Waals surface area contributed by atoms with E-state index in [0.29, 0.717) is 11.1 Å². The van der Waals surface area contributed by atoms with Gasteiger partial charge in [-0.2, -0.15) is 0 Å². The summed E-state index contributed by atoms with van der Waals surface area (Å²) >= 11 is 0. The van der Waals surface area contributed by atoms with Crippen LogP contribution in [0.15, 0.2) is 65.1 Å². The van der Waals surface area contributed by atoms with Crippen molar-refractivity contribution in [3.8, 4) is 22.6 Å². The molecule has 0 aliphatic heterocycles. The molecule has 1 aromatic heterocycles. The Labute approximate surface area is 170 Å². The molecule has 0 radical (unpaired) electrons. The van der Waals surface area contributed by atoms with E-state index in [1.54, 1.807) is 27.7 Å². The van der Waals surface area contributed by atoms with Crippen LogP contribution in [0.2, 0.25) is 0 Å². The van der Waals surface area contributed by atoms with E-state index in [0.717, 1.165) is 0 Å². The zero-order valence-corrected chi connectivity index (χ0v) is 17.0. The van der Waals surface area contributed by atoms with Crippen LogP contribution in [0.4, 0.5) is 0 Å². The van der Waals surface area contributed by atoms with Gasteiger partial charge in [0.15, 0.2) is 0 Å². The molecule has 0 bridgehead atoms. The average molecular weight is 392 g/mol. The van der Waals surface area contributed by atoms with E-state index in [1.807, 2.05) is 60.7 Å². The van der Waals surface area contributed by atoms with Crippen molar-refractivity contribution < 1.29 is 23.5 Å². The second-order valence-corrected chi connectivity index (χ2v) is 7.15. The SMILES string of the molecule is CC(C)OC(=O)c1c(-c2ccccc2)oc(-c2ccccc2)c1C(=O)OC(C)C. The van der Waals surface area contributed by atoms with Gasteiger partial charge < -0.3 is 13.9 Å². The molecule has 2 aromatic carbocycles. The first kappa shape index (κ1) is 20.4. The van der Waals surface area contributed by atoms with E-state index in [9.17, 15) is 9.59 Å². The fraction of sp³-hybridized carbons (Fsp3) is 0.250. The first-order chi connectivity index (χ1) is 13.9. The number of carbonyl (C=O) groups is 2. The third-order valence-corrected chi connectivity index (χ3v) is 4.07. The quantitative estimate of drug-likeness (QED) is 0.500. The molecule has 0 fully saturated rings. The number of esters is 2. The largest absolute Gasteiger partial charge is 0.459 e. The van der Waals surface area contributed by atoms with Crippen molar-refractivity contribution >= 4 is 11.9 Å². The van der Waals surface area contributed by atoms with Crippen LogP contribution in [-0.4, -0.2) is 24.1 Å². The highest BCUT2D eigenvalue weighted by molar-refractivity contribution is 6.10. The summed E-state index contributed by atoms with van der Waals surface area (Å²) in [4.78, 5) is 26.0. The maximum absolute atomic E-state index is 13.0. The van der Waals surface area contributed by atoms with E-state index < -0.39 is 11.9 Å². The Morgan fingerprint density at radius 2 is 1.00 bits per heavy atom. The fourth-order valence-electron chi connectivity index (χ4n) is 2.95. The van der Waals surface area contributed by atoms with Gasteiger partial charge in [0.2, 0.25) is 0 Å². The lowest BCUT2D eigenvalue weighted by atomic mass is 10.0. The van der Waals surface area contributed by atoms with Gasteiger partial charge in [-0.3, -0.25) is 0 Å². The van der Waals surface area contributed by atoms with Gasteiger partial charge in [-0.25, -0.2) is 9.59 Å². The summed E-state index contributed by atoms with van der Waals surface area (Å²) in [5.41, 5.74) is 1.50. The van der Waals surface area contributed by atoms with Crippen molar-refractivity contribution in [1.29, 1.82) is 0 Å². The van der Waals surface area contributed by atoms with Crippen LogP contribution in [0.1, 0.15) is 48.4 Å². The number of rotatable bonds is 6. The van der Waals surface area contributed by atoms with Gasteiger partial charge in [0.25, 0.3) is 0 Å². The number of benzene rings is 2. The molecule has 150 valence electrons. The number of hydrogen-bond acceptors (Lipinski definition) is 5. The van der Waals surface area contributed by atoms with Crippen molar-refractivity contribution in [3.05, 3.63) is 71.8 Å². The predicted molar refractivity (Wildman–Crippen MR) is 111 cm³/mol. The van der Waals surface area contributed by atoms with Gasteiger partial charge >= 0.3 is 11.9 Å². The van der Waals surface area contributed by atoms with Crippen molar-refractivity contribution in [3.63, 3.8) is 0 Å². The van der Waals surface area contributed by atoms with Crippen molar-refractivity contribution in [2.24, 2.45) is 0 Å². The molecule has 0 atom stereocenters. The molecule has 3 aromatic rings. The van der Waals surface area contributed by atoms with Gasteiger partial charge in [0.05, 0.1) is 12.2 Å². The second kappa shape index (κ2) is 8.78. The van der Waals surface area contributed by atoms with Crippen molar-refractivity contribution in [1.82, 2.24) is 0 Å². The monoisotopic (exact) mass is 392 g/mol. The summed E-state index contributed by atoms with van der Waals surface area (Å²) in [5.74, 6) is -0.683. The van der Waals surface area contributed by atoms with Gasteiger partial charge in [-0.05, 0) is 27.7 Å². The lowest BCUT2D eigenvalue weighted by molar-refractivity contribution is 0.0330. The van der Waals surface area contributed by atoms with Gasteiger partial charge in [0, 0.05) is 11.1 Å². The molecule has 29 heavy (non-hydrogen) atoms. The van der Waals surface area contributed by atoms with Crippen molar-refractivity contribution in [2.45, 2.75) is 39.9 Å². The molecule has 0 saturated heterocycles. The number of furan rings is 1. The summed E-state index contributed by atoms with van der Waals surface area (Å²) < 4.78 is 17.0. The molecule has 0 aliphatic carbocycles. The molecule has 5 nitrogen and oxygen atoms in total. The summed E-state index contributed by atoms with van der Waals surface area (Å²) in [5, 5.41) is 0. The van der Waals surface area contributed by atoms with Gasteiger partial charge in [-0.1, -0.05) is 60.7 Å². The lowest BCUT2D eigenvalue weighted by Crippen LogP contribution is -2.18. The van der Waals surface area contributed by atoms with Crippen molar-refractivity contribution in [2.75, 3.05) is 0 Å². The van der Waals surface area contributed by atoms with Crippen LogP contribution in [0.25, 0.3) is 22.6 Å². The maximum Gasteiger partial charge on any atom is 0.343 e. The minimum Gasteiger partial charge on any atom is -0.459 e. The Balaban J connectivity index is 2.30. The van der Waals surface area contributed by atoms with E-state index in [-0.39, 0.29) is 34.9 Å². The second-order valence-electron chi connectivity index (χ2n) is 7.15. The zero-order valence-electron chi connectivity index (χ0n) is 17.0. The van der Waals surface area contributed by atoms with Crippen LogP contribution in [-0.2, 0) is 9.47 Å². The first-order valence-corrected chi connectivity index (χ1v) is 9.58. The van der Waals surface area contributed by atoms with Gasteiger partial charge in [0.1, 0.15) is 22.6 Å². The van der Waals surface area contributed by atoms with E-state index in [1.165, 1.54) is 0 Å². The summed E-state index contributed by atoms with van der Waals surface area (Å²) in [6, 6.07) is 18.3. The van der Waals surface area contributed by atoms with Crippen LogP contribution < -0.4 is 0 Å². The Hall–Kier alpha value is -3.34. The zero-order chi connectivity index (χ0) is 21.0. The Morgan fingerprint density at radius 3 is 1.31 bits per heavy atom. The normalized spacial score (nSPS) is 11.0. The lowest BCUT2D eigenvalue weighted by Gasteiger charge is -2.11. The highest BCUT2D eigenvalue weighted by atomic mass is 16.6. The number of carbonyl (C=O) groups excluding carboxylic acids is 2. The standard InChI is InChI=1S/C24H24O5/c1-15(2)27-23(25)19-20(24(26)28-16(3)4)22(18-13-9-6-10-14-18)29-21(19)17-11-7-5-8-12-17/h5-16H,1-4H3. The first-order valence-electron chi connectivity index (χ1n) is 9.58. The summed E-state index contributed by atoms with van der Waals surface area (Å²) in [7, 11) is 0. The third-order valence-electron chi connectivity index (χ3n) is 4.07. The average Bonchev–Trinajstić information content (AvgIpc) is 3.09. The Bertz CT molecular complexity index is 905. The summed E-state index contributed by atoms with van der Waals surface area (Å²) in [6.45, 7) is 7.02. The molecule has 0 unspecified atom stereocenters. The fourth-order valence-corrected chi connectivity index (χ4v) is 2.95. The summed E-state index contributed by atoms with van der Waals surface area (Å²) in [6.07, 6.45) is -0.703. The molecule has 0 saturated carbocycles. The van der Waals surface area contributed by atoms with Crippen LogP contribution in [0.3, 0.4) is 0 Å². The third kappa shape index (κ3) is 4.57. The molecule has 0 amide bonds. The Kier molecular flexibility index (Phi) is 6.17. The minimum atomic E-state index is -0.625. The molecular weight excluding hydrogens is 368 g/mol. The van der Waals surface area contributed by atoms with E-state index in [2.05, 4.69) is 0 Å². The maximum atomic E-state index is 13.0. The molecule has 0 spiro atoms. The van der Waals surface area contributed by atoms with Crippen LogP contribution in [0, 0.1) is 0 Å². The van der Waals surface area contributed by atoms with Crippen LogP contribution in [0.5, 0.6) is 0 Å². The molecule has 5 heteroatoms. The highest BCUT2D eigenvalue weighted by Gasteiger charge is 2.34. The van der Waals surface area contributed by atoms with E-state index in [4.69, 9.17) is 13.9 Å².